The first-order valence-corrected chi connectivity index (χ1v) is 12.6. The van der Waals surface area contributed by atoms with Crippen molar-refractivity contribution in [1.29, 1.82) is 0 Å². The van der Waals surface area contributed by atoms with Crippen LogP contribution in [-0.4, -0.2) is 25.8 Å². The van der Waals surface area contributed by atoms with Crippen LogP contribution in [0, 0.1) is 29.1 Å². The van der Waals surface area contributed by atoms with Crippen LogP contribution in [0.1, 0.15) is 113 Å². The first-order chi connectivity index (χ1) is 13.3. The zero-order valence-electron chi connectivity index (χ0n) is 20.5. The molecule has 3 rings (SSSR count). The molecule has 1 saturated heterocycles. The van der Waals surface area contributed by atoms with Gasteiger partial charge in [0.05, 0.1) is 6.10 Å². The van der Waals surface area contributed by atoms with Crippen LogP contribution in [0.4, 0.5) is 0 Å². The summed E-state index contributed by atoms with van der Waals surface area (Å²) in [5.74, 6) is 3.66. The van der Waals surface area contributed by atoms with E-state index < -0.39 is 0 Å². The fourth-order valence-electron chi connectivity index (χ4n) is 4.64. The predicted octanol–water partition coefficient (Wildman–Crippen LogP) is 7.47. The van der Waals surface area contributed by atoms with Crippen molar-refractivity contribution in [3.05, 3.63) is 0 Å². The van der Waals surface area contributed by atoms with E-state index >= 15 is 0 Å². The Bertz CT molecular complexity index is 361. The minimum absolute atomic E-state index is 0.494. The van der Waals surface area contributed by atoms with Crippen molar-refractivity contribution in [3.8, 4) is 0 Å². The summed E-state index contributed by atoms with van der Waals surface area (Å²) in [6.45, 7) is 19.3. The predicted molar refractivity (Wildman–Crippen MR) is 125 cm³/mol. The van der Waals surface area contributed by atoms with E-state index in [0.29, 0.717) is 6.10 Å². The van der Waals surface area contributed by atoms with Crippen LogP contribution >= 0.6 is 0 Å². The van der Waals surface area contributed by atoms with Crippen LogP contribution in [0.25, 0.3) is 0 Å². The summed E-state index contributed by atoms with van der Waals surface area (Å²) in [4.78, 5) is 0. The zero-order chi connectivity index (χ0) is 21.0. The molecule has 0 radical (unpaired) electrons. The van der Waals surface area contributed by atoms with Gasteiger partial charge in [0.15, 0.2) is 0 Å². The molecule has 1 atom stereocenters. The summed E-state index contributed by atoms with van der Waals surface area (Å²) in [6.07, 6.45) is 14.8. The van der Waals surface area contributed by atoms with Gasteiger partial charge in [0.25, 0.3) is 0 Å². The normalized spacial score (nSPS) is 24.0. The van der Waals surface area contributed by atoms with E-state index in [0.717, 1.165) is 48.8 Å². The molecule has 2 nitrogen and oxygen atoms in total. The third-order valence-corrected chi connectivity index (χ3v) is 7.36. The van der Waals surface area contributed by atoms with Crippen molar-refractivity contribution in [1.82, 2.24) is 5.32 Å². The Labute approximate surface area is 178 Å². The van der Waals surface area contributed by atoms with Crippen LogP contribution in [0.15, 0.2) is 0 Å². The lowest BCUT2D eigenvalue weighted by atomic mass is 9.82. The van der Waals surface area contributed by atoms with Crippen molar-refractivity contribution >= 4 is 0 Å². The third-order valence-electron chi connectivity index (χ3n) is 7.36. The van der Waals surface area contributed by atoms with Crippen molar-refractivity contribution in [2.24, 2.45) is 29.1 Å². The molecule has 1 N–H and O–H groups in total. The Hall–Kier alpha value is -0.0800. The Balaban J connectivity index is 0.000000213. The summed E-state index contributed by atoms with van der Waals surface area (Å²) < 4.78 is 5.47. The van der Waals surface area contributed by atoms with E-state index in [1.165, 1.54) is 64.2 Å². The van der Waals surface area contributed by atoms with Gasteiger partial charge in [-0.05, 0) is 61.3 Å². The van der Waals surface area contributed by atoms with Crippen LogP contribution in [0.3, 0.4) is 0 Å². The largest absolute Gasteiger partial charge is 0.377 e. The Kier molecular flexibility index (Phi) is 13.0. The molecule has 0 spiro atoms. The van der Waals surface area contributed by atoms with Crippen molar-refractivity contribution in [2.75, 3.05) is 19.7 Å². The lowest BCUT2D eigenvalue weighted by molar-refractivity contribution is 0.109. The number of hydrogen-bond acceptors (Lipinski definition) is 2. The highest BCUT2D eigenvalue weighted by molar-refractivity contribution is 4.93. The molecule has 2 heteroatoms. The molecule has 1 aliphatic heterocycles. The van der Waals surface area contributed by atoms with Crippen LogP contribution in [0.2, 0.25) is 0 Å². The quantitative estimate of drug-likeness (QED) is 0.483. The van der Waals surface area contributed by atoms with Gasteiger partial charge in [-0.2, -0.15) is 0 Å². The molecule has 0 bridgehead atoms. The monoisotopic (exact) mass is 395 g/mol. The van der Waals surface area contributed by atoms with Crippen molar-refractivity contribution in [2.45, 2.75) is 119 Å². The second-order valence-electron chi connectivity index (χ2n) is 10.7. The highest BCUT2D eigenvalue weighted by Gasteiger charge is 2.42. The first kappa shape index (κ1) is 26.0. The van der Waals surface area contributed by atoms with Gasteiger partial charge in [0, 0.05) is 13.2 Å². The molecular weight excluding hydrogens is 342 g/mol. The van der Waals surface area contributed by atoms with Gasteiger partial charge in [-0.1, -0.05) is 87.0 Å². The molecule has 1 unspecified atom stereocenters. The fourth-order valence-corrected chi connectivity index (χ4v) is 4.64. The van der Waals surface area contributed by atoms with E-state index in [2.05, 4.69) is 53.8 Å². The maximum atomic E-state index is 5.47. The van der Waals surface area contributed by atoms with E-state index in [9.17, 15) is 0 Å². The van der Waals surface area contributed by atoms with Crippen LogP contribution in [-0.2, 0) is 4.74 Å². The Morgan fingerprint density at radius 3 is 1.86 bits per heavy atom. The molecule has 1 heterocycles. The SMILES string of the molecule is CC(C)C1CCCCC1.CC(C)CNCC1CCCO1.CCC1(C(C)C)CC1. The first-order valence-electron chi connectivity index (χ1n) is 12.6. The van der Waals surface area contributed by atoms with Gasteiger partial charge >= 0.3 is 0 Å². The molecule has 168 valence electrons. The molecule has 2 aliphatic carbocycles. The molecule has 3 aliphatic rings. The summed E-state index contributed by atoms with van der Waals surface area (Å²) in [6, 6.07) is 0. The van der Waals surface area contributed by atoms with Gasteiger partial charge < -0.3 is 10.1 Å². The molecule has 28 heavy (non-hydrogen) atoms. The zero-order valence-corrected chi connectivity index (χ0v) is 20.5. The summed E-state index contributed by atoms with van der Waals surface area (Å²) in [5.41, 5.74) is 0.792. The van der Waals surface area contributed by atoms with Gasteiger partial charge in [-0.25, -0.2) is 0 Å². The standard InChI is InChI=1S/C9H19NO.C9H18.C8H16/c1-8(2)6-10-7-9-4-3-5-11-9;1-8(2)9-6-4-3-5-7-9;1-4-8(5-6-8)7(2)3/h8-10H,3-7H2,1-2H3;8-9H,3-7H2,1-2H3;7H,4-6H2,1-3H3. The molecule has 0 aromatic carbocycles. The second kappa shape index (κ2) is 14.0. The van der Waals surface area contributed by atoms with Crippen LogP contribution < -0.4 is 5.32 Å². The Morgan fingerprint density at radius 1 is 0.893 bits per heavy atom. The highest BCUT2D eigenvalue weighted by Crippen LogP contribution is 2.54. The summed E-state index contributed by atoms with van der Waals surface area (Å²) in [5, 5.41) is 3.40. The Morgan fingerprint density at radius 2 is 1.54 bits per heavy atom. The molecule has 0 aromatic heterocycles. The maximum Gasteiger partial charge on any atom is 0.0700 e. The molecule has 2 saturated carbocycles. The number of ether oxygens (including phenoxy) is 1. The second-order valence-corrected chi connectivity index (χ2v) is 10.7. The minimum Gasteiger partial charge on any atom is -0.377 e. The van der Waals surface area contributed by atoms with E-state index in [1.807, 2.05) is 0 Å². The van der Waals surface area contributed by atoms with Crippen molar-refractivity contribution in [3.63, 3.8) is 0 Å². The van der Waals surface area contributed by atoms with Gasteiger partial charge in [-0.15, -0.1) is 0 Å². The van der Waals surface area contributed by atoms with Gasteiger partial charge in [0.2, 0.25) is 0 Å². The molecule has 0 aromatic rings. The molecule has 0 amide bonds. The minimum atomic E-state index is 0.494. The van der Waals surface area contributed by atoms with Gasteiger partial charge in [-0.3, -0.25) is 0 Å². The lowest BCUT2D eigenvalue weighted by Gasteiger charge is -2.24. The smallest absolute Gasteiger partial charge is 0.0700 e. The molecular formula is C26H53NO. The number of hydrogen-bond donors (Lipinski definition) is 1. The summed E-state index contributed by atoms with van der Waals surface area (Å²) in [7, 11) is 0. The number of rotatable bonds is 7. The lowest BCUT2D eigenvalue weighted by Crippen LogP contribution is -2.29. The van der Waals surface area contributed by atoms with E-state index in [4.69, 9.17) is 4.74 Å². The summed E-state index contributed by atoms with van der Waals surface area (Å²) >= 11 is 0. The maximum absolute atomic E-state index is 5.47. The third kappa shape index (κ3) is 10.6. The van der Waals surface area contributed by atoms with Gasteiger partial charge in [0.1, 0.15) is 0 Å². The average Bonchev–Trinajstić information content (AvgIpc) is 3.32. The van der Waals surface area contributed by atoms with Crippen molar-refractivity contribution < 1.29 is 4.74 Å². The number of nitrogens with one attached hydrogen (secondary N) is 1. The molecule has 3 fully saturated rings. The average molecular weight is 396 g/mol. The van der Waals surface area contributed by atoms with E-state index in [1.54, 1.807) is 0 Å². The highest BCUT2D eigenvalue weighted by atomic mass is 16.5. The van der Waals surface area contributed by atoms with Crippen LogP contribution in [0.5, 0.6) is 0 Å². The topological polar surface area (TPSA) is 21.3 Å². The van der Waals surface area contributed by atoms with E-state index in [-0.39, 0.29) is 0 Å². The fraction of sp³-hybridized carbons (Fsp3) is 1.00.